The Balaban J connectivity index is 1.73. The third-order valence-electron chi connectivity index (χ3n) is 3.44. The lowest BCUT2D eigenvalue weighted by Crippen LogP contribution is -2.23. The van der Waals surface area contributed by atoms with Gasteiger partial charge in [0.1, 0.15) is 16.9 Å². The molecule has 27 heavy (non-hydrogen) atoms. The number of hydrogen-bond donors (Lipinski definition) is 1. The highest BCUT2D eigenvalue weighted by molar-refractivity contribution is 8.01. The number of carbonyl (C=O) groups excluding carboxylic acids is 3. The van der Waals surface area contributed by atoms with Gasteiger partial charge in [-0.05, 0) is 55.5 Å². The van der Waals surface area contributed by atoms with Crippen LogP contribution in [0.5, 0.6) is 0 Å². The van der Waals surface area contributed by atoms with Crippen LogP contribution in [0.25, 0.3) is 0 Å². The lowest BCUT2D eigenvalue weighted by Gasteiger charge is -2.11. The van der Waals surface area contributed by atoms with Crippen LogP contribution < -0.4 is 5.32 Å². The number of Topliss-reactive ketones (excluding diaryl/α,β-unsaturated/α-hetero) is 1. The predicted octanol–water partition coefficient (Wildman–Crippen LogP) is 3.45. The number of rotatable bonds is 8. The summed E-state index contributed by atoms with van der Waals surface area (Å²) < 4.78 is 30.6. The van der Waals surface area contributed by atoms with Crippen LogP contribution in [0.1, 0.15) is 17.3 Å². The summed E-state index contributed by atoms with van der Waals surface area (Å²) in [6, 6.07) is 10.2. The Morgan fingerprint density at radius 2 is 1.56 bits per heavy atom. The van der Waals surface area contributed by atoms with E-state index in [0.29, 0.717) is 5.69 Å². The molecule has 0 bridgehead atoms. The van der Waals surface area contributed by atoms with Crippen molar-refractivity contribution in [3.63, 3.8) is 0 Å². The molecule has 5 nitrogen and oxygen atoms in total. The fourth-order valence-corrected chi connectivity index (χ4v) is 2.65. The van der Waals surface area contributed by atoms with Crippen molar-refractivity contribution in [3.05, 3.63) is 65.7 Å². The van der Waals surface area contributed by atoms with Crippen molar-refractivity contribution in [2.45, 2.75) is 12.2 Å². The number of thioether (sulfide) groups is 1. The van der Waals surface area contributed by atoms with E-state index in [1.807, 2.05) is 0 Å². The number of ether oxygens (including phenoxy) is 1. The Bertz CT molecular complexity index is 809. The van der Waals surface area contributed by atoms with Gasteiger partial charge in [0.2, 0.25) is 5.91 Å². The smallest absolute Gasteiger partial charge is 0.319 e. The topological polar surface area (TPSA) is 72.5 Å². The third kappa shape index (κ3) is 6.82. The summed E-state index contributed by atoms with van der Waals surface area (Å²) >= 11 is 1.04. The van der Waals surface area contributed by atoms with E-state index in [-0.39, 0.29) is 17.2 Å². The minimum atomic E-state index is -0.662. The quantitative estimate of drug-likeness (QED) is 0.549. The maximum atomic E-state index is 12.8. The van der Waals surface area contributed by atoms with Gasteiger partial charge in [-0.3, -0.25) is 14.4 Å². The SMILES string of the molecule is C[C@H](SCC(=O)Nc1ccc(F)cc1)C(=O)OCC(=O)c1ccc(F)cc1. The maximum Gasteiger partial charge on any atom is 0.319 e. The molecular weight excluding hydrogens is 376 g/mol. The number of nitrogens with one attached hydrogen (secondary N) is 1. The molecule has 0 saturated carbocycles. The van der Waals surface area contributed by atoms with E-state index in [1.54, 1.807) is 6.92 Å². The normalized spacial score (nSPS) is 11.5. The fraction of sp³-hybridized carbons (Fsp3) is 0.211. The van der Waals surface area contributed by atoms with Crippen molar-refractivity contribution in [1.29, 1.82) is 0 Å². The summed E-state index contributed by atoms with van der Waals surface area (Å²) in [6.07, 6.45) is 0. The molecule has 0 spiro atoms. The summed E-state index contributed by atoms with van der Waals surface area (Å²) in [5.74, 6) is -2.32. The van der Waals surface area contributed by atoms with Gasteiger partial charge in [-0.2, -0.15) is 0 Å². The van der Waals surface area contributed by atoms with Crippen LogP contribution in [-0.4, -0.2) is 35.3 Å². The molecule has 0 saturated heterocycles. The van der Waals surface area contributed by atoms with Crippen molar-refractivity contribution in [2.24, 2.45) is 0 Å². The molecule has 0 aliphatic rings. The summed E-state index contributed by atoms with van der Waals surface area (Å²) in [5, 5.41) is 1.91. The van der Waals surface area contributed by atoms with E-state index in [2.05, 4.69) is 5.32 Å². The maximum absolute atomic E-state index is 12.8. The fourth-order valence-electron chi connectivity index (χ4n) is 1.97. The van der Waals surface area contributed by atoms with Gasteiger partial charge in [-0.1, -0.05) is 0 Å². The first-order valence-corrected chi connectivity index (χ1v) is 9.02. The minimum absolute atomic E-state index is 0.0143. The average Bonchev–Trinajstić information content (AvgIpc) is 2.66. The molecule has 0 radical (unpaired) electrons. The number of anilines is 1. The summed E-state index contributed by atoms with van der Waals surface area (Å²) in [6.45, 7) is 1.09. The molecule has 142 valence electrons. The van der Waals surface area contributed by atoms with Gasteiger partial charge in [-0.25, -0.2) is 8.78 Å². The first-order valence-electron chi connectivity index (χ1n) is 7.97. The second-order valence-corrected chi connectivity index (χ2v) is 6.88. The van der Waals surface area contributed by atoms with Gasteiger partial charge in [0.25, 0.3) is 0 Å². The predicted molar refractivity (Wildman–Crippen MR) is 98.6 cm³/mol. The summed E-state index contributed by atoms with van der Waals surface area (Å²) in [7, 11) is 0. The standard InChI is InChI=1S/C19H17F2NO4S/c1-12(27-11-18(24)22-16-8-6-15(21)7-9-16)19(25)26-10-17(23)13-2-4-14(20)5-3-13/h2-9,12H,10-11H2,1H3,(H,22,24)/t12-/m0/s1. The number of carbonyl (C=O) groups is 3. The second-order valence-electron chi connectivity index (χ2n) is 5.55. The van der Waals surface area contributed by atoms with Gasteiger partial charge in [-0.15, -0.1) is 11.8 Å². The van der Waals surface area contributed by atoms with E-state index in [9.17, 15) is 23.2 Å². The first-order chi connectivity index (χ1) is 12.8. The summed E-state index contributed by atoms with van der Waals surface area (Å²) in [4.78, 5) is 35.6. The first kappa shape index (κ1) is 20.6. The minimum Gasteiger partial charge on any atom is -0.456 e. The van der Waals surface area contributed by atoms with Gasteiger partial charge in [0.05, 0.1) is 5.75 Å². The zero-order valence-corrected chi connectivity index (χ0v) is 15.2. The molecule has 0 heterocycles. The van der Waals surface area contributed by atoms with E-state index in [1.165, 1.54) is 36.4 Å². The Morgan fingerprint density at radius 3 is 2.15 bits per heavy atom. The third-order valence-corrected chi connectivity index (χ3v) is 4.56. The van der Waals surface area contributed by atoms with Gasteiger partial charge in [0, 0.05) is 11.3 Å². The zero-order chi connectivity index (χ0) is 19.8. The molecule has 2 aromatic rings. The number of halogens is 2. The molecule has 1 amide bonds. The molecular formula is C19H17F2NO4S. The second kappa shape index (κ2) is 9.82. The van der Waals surface area contributed by atoms with Crippen LogP contribution >= 0.6 is 11.8 Å². The molecule has 8 heteroatoms. The highest BCUT2D eigenvalue weighted by Gasteiger charge is 2.18. The van der Waals surface area contributed by atoms with Crippen molar-refractivity contribution in [2.75, 3.05) is 17.7 Å². The van der Waals surface area contributed by atoms with E-state index >= 15 is 0 Å². The molecule has 0 aliphatic carbocycles. The van der Waals surface area contributed by atoms with Crippen LogP contribution in [0.2, 0.25) is 0 Å². The van der Waals surface area contributed by atoms with E-state index in [4.69, 9.17) is 4.74 Å². The molecule has 2 rings (SSSR count). The monoisotopic (exact) mass is 393 g/mol. The van der Waals surface area contributed by atoms with Gasteiger partial charge in [0.15, 0.2) is 12.4 Å². The number of hydrogen-bond acceptors (Lipinski definition) is 5. The summed E-state index contributed by atoms with van der Waals surface area (Å²) in [5.41, 5.74) is 0.685. The molecule has 0 aromatic heterocycles. The van der Waals surface area contributed by atoms with Crippen molar-refractivity contribution in [1.82, 2.24) is 0 Å². The zero-order valence-electron chi connectivity index (χ0n) is 14.4. The Kier molecular flexibility index (Phi) is 7.48. The van der Waals surface area contributed by atoms with Crippen LogP contribution in [0, 0.1) is 11.6 Å². The Hall–Kier alpha value is -2.74. The average molecular weight is 393 g/mol. The number of benzene rings is 2. The van der Waals surface area contributed by atoms with Crippen LogP contribution in [0.15, 0.2) is 48.5 Å². The largest absolute Gasteiger partial charge is 0.456 e. The lowest BCUT2D eigenvalue weighted by molar-refractivity contribution is -0.141. The number of amides is 1. The van der Waals surface area contributed by atoms with E-state index in [0.717, 1.165) is 23.9 Å². The highest BCUT2D eigenvalue weighted by Crippen LogP contribution is 2.14. The number of esters is 1. The molecule has 1 N–H and O–H groups in total. The Labute approximate surface area is 159 Å². The van der Waals surface area contributed by atoms with Crippen molar-refractivity contribution in [3.8, 4) is 0 Å². The lowest BCUT2D eigenvalue weighted by atomic mass is 10.1. The molecule has 0 fully saturated rings. The Morgan fingerprint density at radius 1 is 1.00 bits per heavy atom. The molecule has 1 atom stereocenters. The number of ketones is 1. The molecule has 0 unspecified atom stereocenters. The van der Waals surface area contributed by atoms with Crippen LogP contribution in [0.3, 0.4) is 0 Å². The van der Waals surface area contributed by atoms with Gasteiger partial charge < -0.3 is 10.1 Å². The van der Waals surface area contributed by atoms with Crippen molar-refractivity contribution >= 4 is 35.1 Å². The van der Waals surface area contributed by atoms with Crippen molar-refractivity contribution < 1.29 is 27.9 Å². The highest BCUT2D eigenvalue weighted by atomic mass is 32.2. The molecule has 2 aromatic carbocycles. The van der Waals surface area contributed by atoms with Gasteiger partial charge >= 0.3 is 5.97 Å². The van der Waals surface area contributed by atoms with Crippen LogP contribution in [-0.2, 0) is 14.3 Å². The molecule has 0 aliphatic heterocycles. The van der Waals surface area contributed by atoms with Crippen LogP contribution in [0.4, 0.5) is 14.5 Å². The van der Waals surface area contributed by atoms with E-state index < -0.39 is 35.2 Å².